The zero-order valence-corrected chi connectivity index (χ0v) is 12.8. The first-order chi connectivity index (χ1) is 10.3. The van der Waals surface area contributed by atoms with Crippen LogP contribution >= 0.6 is 12.2 Å². The lowest BCUT2D eigenvalue weighted by molar-refractivity contribution is 0.734. The molecule has 0 aromatic heterocycles. The molecule has 1 aliphatic rings. The SMILES string of the molecule is S=C(NCCc1ccccc1)C1CCc2ccccc2N1. The van der Waals surface area contributed by atoms with Crippen LogP contribution in [0.2, 0.25) is 0 Å². The molecule has 3 heteroatoms. The summed E-state index contributed by atoms with van der Waals surface area (Å²) >= 11 is 5.54. The van der Waals surface area contributed by atoms with E-state index in [2.05, 4.69) is 59.2 Å². The number of rotatable bonds is 4. The van der Waals surface area contributed by atoms with Crippen molar-refractivity contribution in [3.63, 3.8) is 0 Å². The molecule has 0 radical (unpaired) electrons. The molecule has 2 aromatic carbocycles. The van der Waals surface area contributed by atoms with Crippen molar-refractivity contribution in [2.75, 3.05) is 11.9 Å². The summed E-state index contributed by atoms with van der Waals surface area (Å²) in [5.41, 5.74) is 3.96. The Labute approximate surface area is 131 Å². The molecule has 0 amide bonds. The van der Waals surface area contributed by atoms with Crippen LogP contribution in [0.15, 0.2) is 54.6 Å². The average molecular weight is 296 g/mol. The van der Waals surface area contributed by atoms with Gasteiger partial charge in [0.1, 0.15) is 0 Å². The summed E-state index contributed by atoms with van der Waals surface area (Å²) in [4.78, 5) is 0.931. The van der Waals surface area contributed by atoms with Gasteiger partial charge in [0.2, 0.25) is 0 Å². The van der Waals surface area contributed by atoms with Gasteiger partial charge >= 0.3 is 0 Å². The largest absolute Gasteiger partial charge is 0.378 e. The van der Waals surface area contributed by atoms with Gasteiger partial charge in [0, 0.05) is 12.2 Å². The highest BCUT2D eigenvalue weighted by Crippen LogP contribution is 2.24. The smallest absolute Gasteiger partial charge is 0.0979 e. The molecule has 0 saturated carbocycles. The van der Waals surface area contributed by atoms with E-state index in [9.17, 15) is 0 Å². The van der Waals surface area contributed by atoms with Crippen molar-refractivity contribution < 1.29 is 0 Å². The summed E-state index contributed by atoms with van der Waals surface area (Å²) in [6.07, 6.45) is 3.16. The lowest BCUT2D eigenvalue weighted by Crippen LogP contribution is -2.41. The first-order valence-corrected chi connectivity index (χ1v) is 7.90. The summed E-state index contributed by atoms with van der Waals surface area (Å²) in [7, 11) is 0. The van der Waals surface area contributed by atoms with Gasteiger partial charge in [-0.1, -0.05) is 60.7 Å². The molecule has 0 bridgehead atoms. The Balaban J connectivity index is 1.50. The Morgan fingerprint density at radius 1 is 1.10 bits per heavy atom. The monoisotopic (exact) mass is 296 g/mol. The maximum absolute atomic E-state index is 5.54. The van der Waals surface area contributed by atoms with Crippen molar-refractivity contribution in [3.8, 4) is 0 Å². The zero-order chi connectivity index (χ0) is 14.5. The van der Waals surface area contributed by atoms with Crippen LogP contribution in [0.1, 0.15) is 17.5 Å². The van der Waals surface area contributed by atoms with Gasteiger partial charge in [-0.3, -0.25) is 0 Å². The van der Waals surface area contributed by atoms with E-state index < -0.39 is 0 Å². The van der Waals surface area contributed by atoms with E-state index in [0.29, 0.717) is 0 Å². The molecular weight excluding hydrogens is 276 g/mol. The standard InChI is InChI=1S/C18H20N2S/c21-18(19-13-12-14-6-2-1-3-7-14)17-11-10-15-8-4-5-9-16(15)20-17/h1-9,17,20H,10-13H2,(H,19,21). The Hall–Kier alpha value is -1.87. The van der Waals surface area contributed by atoms with Crippen LogP contribution in [-0.4, -0.2) is 17.6 Å². The third-order valence-corrected chi connectivity index (χ3v) is 4.35. The number of fused-ring (bicyclic) bond motifs is 1. The van der Waals surface area contributed by atoms with Crippen molar-refractivity contribution in [1.82, 2.24) is 5.32 Å². The predicted molar refractivity (Wildman–Crippen MR) is 92.9 cm³/mol. The van der Waals surface area contributed by atoms with Crippen LogP contribution in [0.3, 0.4) is 0 Å². The zero-order valence-electron chi connectivity index (χ0n) is 12.0. The van der Waals surface area contributed by atoms with Gasteiger partial charge in [0.05, 0.1) is 11.0 Å². The fourth-order valence-electron chi connectivity index (χ4n) is 2.73. The second-order valence-corrected chi connectivity index (χ2v) is 5.86. The fraction of sp³-hybridized carbons (Fsp3) is 0.278. The predicted octanol–water partition coefficient (Wildman–Crippen LogP) is 3.57. The molecule has 2 nitrogen and oxygen atoms in total. The number of nitrogens with one attached hydrogen (secondary N) is 2. The molecule has 3 rings (SSSR count). The Morgan fingerprint density at radius 3 is 2.71 bits per heavy atom. The van der Waals surface area contributed by atoms with Gasteiger partial charge < -0.3 is 10.6 Å². The van der Waals surface area contributed by atoms with E-state index >= 15 is 0 Å². The molecule has 108 valence electrons. The van der Waals surface area contributed by atoms with Crippen molar-refractivity contribution in [1.29, 1.82) is 0 Å². The third-order valence-electron chi connectivity index (χ3n) is 3.92. The molecule has 1 aliphatic heterocycles. The van der Waals surface area contributed by atoms with Crippen LogP contribution in [0.4, 0.5) is 5.69 Å². The van der Waals surface area contributed by atoms with Crippen molar-refractivity contribution in [2.45, 2.75) is 25.3 Å². The van der Waals surface area contributed by atoms with Gasteiger partial charge in [0.25, 0.3) is 0 Å². The molecule has 21 heavy (non-hydrogen) atoms. The van der Waals surface area contributed by atoms with Gasteiger partial charge in [-0.15, -0.1) is 0 Å². The molecule has 1 unspecified atom stereocenters. The van der Waals surface area contributed by atoms with Crippen molar-refractivity contribution >= 4 is 22.9 Å². The second kappa shape index (κ2) is 6.72. The van der Waals surface area contributed by atoms with Gasteiger partial charge in [-0.25, -0.2) is 0 Å². The van der Waals surface area contributed by atoms with Crippen LogP contribution in [0.25, 0.3) is 0 Å². The Bertz CT molecular complexity index is 610. The maximum atomic E-state index is 5.54. The molecule has 1 atom stereocenters. The van der Waals surface area contributed by atoms with Gasteiger partial charge in [0.15, 0.2) is 0 Å². The lowest BCUT2D eigenvalue weighted by atomic mass is 9.98. The highest BCUT2D eigenvalue weighted by molar-refractivity contribution is 7.80. The summed E-state index contributed by atoms with van der Waals surface area (Å²) in [6.45, 7) is 0.892. The minimum absolute atomic E-state index is 0.255. The number of thiocarbonyl (C=S) groups is 1. The first kappa shape index (κ1) is 14.1. The number of para-hydroxylation sites is 1. The third kappa shape index (κ3) is 3.61. The molecule has 0 aliphatic carbocycles. The number of aryl methyl sites for hydroxylation is 1. The Kier molecular flexibility index (Phi) is 4.51. The van der Waals surface area contributed by atoms with Crippen LogP contribution < -0.4 is 10.6 Å². The van der Waals surface area contributed by atoms with E-state index in [1.165, 1.54) is 16.8 Å². The molecule has 0 fully saturated rings. The molecule has 2 aromatic rings. The topological polar surface area (TPSA) is 24.1 Å². The molecule has 1 heterocycles. The average Bonchev–Trinajstić information content (AvgIpc) is 2.55. The van der Waals surface area contributed by atoms with E-state index in [1.807, 2.05) is 6.07 Å². The van der Waals surface area contributed by atoms with Crippen molar-refractivity contribution in [2.24, 2.45) is 0 Å². The van der Waals surface area contributed by atoms with Gasteiger partial charge in [-0.05, 0) is 36.5 Å². The maximum Gasteiger partial charge on any atom is 0.0979 e. The van der Waals surface area contributed by atoms with E-state index in [1.54, 1.807) is 0 Å². The van der Waals surface area contributed by atoms with Gasteiger partial charge in [-0.2, -0.15) is 0 Å². The van der Waals surface area contributed by atoms with E-state index in [-0.39, 0.29) is 6.04 Å². The number of hydrogen-bond acceptors (Lipinski definition) is 2. The minimum Gasteiger partial charge on any atom is -0.378 e. The Morgan fingerprint density at radius 2 is 1.86 bits per heavy atom. The van der Waals surface area contributed by atoms with Crippen molar-refractivity contribution in [3.05, 3.63) is 65.7 Å². The fourth-order valence-corrected chi connectivity index (χ4v) is 3.01. The molecular formula is C18H20N2S. The van der Waals surface area contributed by atoms with Crippen LogP contribution in [0.5, 0.6) is 0 Å². The molecule has 2 N–H and O–H groups in total. The summed E-state index contributed by atoms with van der Waals surface area (Å²) in [5.74, 6) is 0. The molecule has 0 saturated heterocycles. The summed E-state index contributed by atoms with van der Waals surface area (Å²) in [6, 6.07) is 19.2. The quantitative estimate of drug-likeness (QED) is 0.843. The first-order valence-electron chi connectivity index (χ1n) is 7.49. The van der Waals surface area contributed by atoms with Crippen LogP contribution in [0, 0.1) is 0 Å². The lowest BCUT2D eigenvalue weighted by Gasteiger charge is -2.28. The number of benzene rings is 2. The number of hydrogen-bond donors (Lipinski definition) is 2. The highest BCUT2D eigenvalue weighted by Gasteiger charge is 2.20. The van der Waals surface area contributed by atoms with E-state index in [0.717, 1.165) is 30.8 Å². The number of anilines is 1. The molecule has 0 spiro atoms. The second-order valence-electron chi connectivity index (χ2n) is 5.42. The summed E-state index contributed by atoms with van der Waals surface area (Å²) in [5, 5.41) is 6.94. The summed E-state index contributed by atoms with van der Waals surface area (Å²) < 4.78 is 0. The minimum atomic E-state index is 0.255. The van der Waals surface area contributed by atoms with E-state index in [4.69, 9.17) is 12.2 Å². The highest BCUT2D eigenvalue weighted by atomic mass is 32.1. The van der Waals surface area contributed by atoms with Crippen LogP contribution in [-0.2, 0) is 12.8 Å². The normalized spacial score (nSPS) is 16.7.